The van der Waals surface area contributed by atoms with E-state index in [-0.39, 0.29) is 0 Å². The average Bonchev–Trinajstić information content (AvgIpc) is 2.77. The molecule has 0 bridgehead atoms. The summed E-state index contributed by atoms with van der Waals surface area (Å²) < 4.78 is 6.66. The maximum absolute atomic E-state index is 11.7. The van der Waals surface area contributed by atoms with Crippen LogP contribution in [0.2, 0.25) is 0 Å². The maximum Gasteiger partial charge on any atom is 0.358 e. The largest absolute Gasteiger partial charge is 0.464 e. The molecule has 0 amide bonds. The van der Waals surface area contributed by atoms with Crippen LogP contribution in [0.1, 0.15) is 23.2 Å². The first-order chi connectivity index (χ1) is 8.67. The minimum absolute atomic E-state index is 0.321. The average molecular weight is 247 g/mol. The molecule has 2 N–H and O–H groups in total. The van der Waals surface area contributed by atoms with Crippen molar-refractivity contribution in [3.63, 3.8) is 0 Å². The first kappa shape index (κ1) is 12.6. The van der Waals surface area contributed by atoms with Crippen LogP contribution in [0.15, 0.2) is 24.4 Å². The first-order valence-electron chi connectivity index (χ1n) is 5.91. The summed E-state index contributed by atoms with van der Waals surface area (Å²) in [6.45, 7) is 2.65. The number of ether oxygens (including phenoxy) is 1. The van der Waals surface area contributed by atoms with Gasteiger partial charge in [-0.1, -0.05) is 13.0 Å². The van der Waals surface area contributed by atoms with Crippen LogP contribution in [-0.4, -0.2) is 29.0 Å². The molecule has 0 saturated carbocycles. The van der Waals surface area contributed by atoms with Gasteiger partial charge in [-0.15, -0.1) is 0 Å². The summed E-state index contributed by atoms with van der Waals surface area (Å²) in [4.78, 5) is 16.1. The van der Waals surface area contributed by atoms with E-state index in [4.69, 9.17) is 10.5 Å². The van der Waals surface area contributed by atoms with Crippen molar-refractivity contribution >= 4 is 11.5 Å². The quantitative estimate of drug-likeness (QED) is 0.826. The van der Waals surface area contributed by atoms with E-state index in [0.717, 1.165) is 17.8 Å². The second-order valence-corrected chi connectivity index (χ2v) is 4.37. The number of methoxy groups -OCH3 is 1. The SMILES string of the molecule is COC(=O)c1nc(CC(C)CN)n2ccccc12. The Morgan fingerprint density at radius 2 is 2.33 bits per heavy atom. The highest BCUT2D eigenvalue weighted by Crippen LogP contribution is 2.16. The zero-order valence-corrected chi connectivity index (χ0v) is 10.6. The van der Waals surface area contributed by atoms with Gasteiger partial charge in [-0.2, -0.15) is 0 Å². The molecule has 2 heterocycles. The highest BCUT2D eigenvalue weighted by Gasteiger charge is 2.18. The van der Waals surface area contributed by atoms with Gasteiger partial charge < -0.3 is 14.9 Å². The van der Waals surface area contributed by atoms with E-state index in [1.807, 2.05) is 28.8 Å². The third-order valence-electron chi connectivity index (χ3n) is 2.93. The standard InChI is InChI=1S/C13H17N3O2/c1-9(8-14)7-11-15-12(13(17)18-2)10-5-3-4-6-16(10)11/h3-6,9H,7-8,14H2,1-2H3. The summed E-state index contributed by atoms with van der Waals surface area (Å²) in [5.74, 6) is 0.746. The molecule has 0 aliphatic heterocycles. The van der Waals surface area contributed by atoms with Crippen LogP contribution in [-0.2, 0) is 11.2 Å². The molecule has 2 rings (SSSR count). The molecule has 2 aromatic rings. The van der Waals surface area contributed by atoms with Crippen molar-refractivity contribution in [1.82, 2.24) is 9.38 Å². The number of hydrogen-bond donors (Lipinski definition) is 1. The van der Waals surface area contributed by atoms with Gasteiger partial charge in [-0.3, -0.25) is 0 Å². The molecule has 96 valence electrons. The minimum Gasteiger partial charge on any atom is -0.464 e. The third kappa shape index (κ3) is 2.22. The van der Waals surface area contributed by atoms with Crippen molar-refractivity contribution in [2.75, 3.05) is 13.7 Å². The number of carbonyl (C=O) groups is 1. The molecular formula is C13H17N3O2. The molecule has 0 aromatic carbocycles. The van der Waals surface area contributed by atoms with Gasteiger partial charge in [0.25, 0.3) is 0 Å². The Labute approximate surface area is 106 Å². The van der Waals surface area contributed by atoms with Gasteiger partial charge in [-0.05, 0) is 24.6 Å². The van der Waals surface area contributed by atoms with Crippen LogP contribution >= 0.6 is 0 Å². The number of esters is 1. The van der Waals surface area contributed by atoms with Crippen molar-refractivity contribution in [3.05, 3.63) is 35.9 Å². The number of rotatable bonds is 4. The number of aromatic nitrogens is 2. The summed E-state index contributed by atoms with van der Waals surface area (Å²) in [5.41, 5.74) is 6.75. The number of hydrogen-bond acceptors (Lipinski definition) is 4. The van der Waals surface area contributed by atoms with Crippen molar-refractivity contribution in [2.24, 2.45) is 11.7 Å². The number of nitrogens with zero attached hydrogens (tertiary/aromatic N) is 2. The summed E-state index contributed by atoms with van der Waals surface area (Å²) in [6.07, 6.45) is 2.63. The monoisotopic (exact) mass is 247 g/mol. The number of fused-ring (bicyclic) bond motifs is 1. The van der Waals surface area contributed by atoms with E-state index >= 15 is 0 Å². The molecule has 0 fully saturated rings. The van der Waals surface area contributed by atoms with Gasteiger partial charge in [0.05, 0.1) is 12.6 Å². The Morgan fingerprint density at radius 1 is 1.56 bits per heavy atom. The van der Waals surface area contributed by atoms with Crippen LogP contribution < -0.4 is 5.73 Å². The molecule has 0 aliphatic carbocycles. The van der Waals surface area contributed by atoms with Crippen molar-refractivity contribution in [3.8, 4) is 0 Å². The minimum atomic E-state index is -0.412. The molecule has 5 heteroatoms. The third-order valence-corrected chi connectivity index (χ3v) is 2.93. The normalized spacial score (nSPS) is 12.6. The Morgan fingerprint density at radius 3 is 3.00 bits per heavy atom. The van der Waals surface area contributed by atoms with Crippen molar-refractivity contribution in [2.45, 2.75) is 13.3 Å². The number of imidazole rings is 1. The summed E-state index contributed by atoms with van der Waals surface area (Å²) in [6, 6.07) is 5.64. The van der Waals surface area contributed by atoms with E-state index in [9.17, 15) is 4.79 Å². The van der Waals surface area contributed by atoms with E-state index in [1.165, 1.54) is 7.11 Å². The summed E-state index contributed by atoms with van der Waals surface area (Å²) in [5, 5.41) is 0. The van der Waals surface area contributed by atoms with Crippen LogP contribution in [0, 0.1) is 5.92 Å². The van der Waals surface area contributed by atoms with Gasteiger partial charge in [0.1, 0.15) is 5.82 Å². The molecule has 2 aromatic heterocycles. The molecule has 0 spiro atoms. The number of carbonyl (C=O) groups excluding carboxylic acids is 1. The van der Waals surface area contributed by atoms with Crippen LogP contribution in [0.25, 0.3) is 5.52 Å². The molecule has 5 nitrogen and oxygen atoms in total. The second kappa shape index (κ2) is 5.18. The molecule has 0 saturated heterocycles. The summed E-state index contributed by atoms with van der Waals surface area (Å²) in [7, 11) is 1.36. The lowest BCUT2D eigenvalue weighted by molar-refractivity contribution is 0.0596. The molecule has 1 unspecified atom stereocenters. The molecule has 0 aliphatic rings. The predicted molar refractivity (Wildman–Crippen MR) is 68.5 cm³/mol. The lowest BCUT2D eigenvalue weighted by Gasteiger charge is -2.06. The van der Waals surface area contributed by atoms with Crippen molar-refractivity contribution < 1.29 is 9.53 Å². The Hall–Kier alpha value is -1.88. The fourth-order valence-corrected chi connectivity index (χ4v) is 1.89. The van der Waals surface area contributed by atoms with Gasteiger partial charge in [-0.25, -0.2) is 9.78 Å². The van der Waals surface area contributed by atoms with Gasteiger partial charge in [0, 0.05) is 12.6 Å². The van der Waals surface area contributed by atoms with E-state index in [1.54, 1.807) is 0 Å². The highest BCUT2D eigenvalue weighted by molar-refractivity contribution is 5.95. The zero-order chi connectivity index (χ0) is 13.1. The number of pyridine rings is 1. The lowest BCUT2D eigenvalue weighted by Crippen LogP contribution is -2.14. The molecule has 1 atom stereocenters. The number of nitrogens with two attached hydrogens (primary N) is 1. The Bertz CT molecular complexity index is 562. The molecular weight excluding hydrogens is 230 g/mol. The van der Waals surface area contributed by atoms with Crippen LogP contribution in [0.5, 0.6) is 0 Å². The van der Waals surface area contributed by atoms with E-state index in [0.29, 0.717) is 18.2 Å². The first-order valence-corrected chi connectivity index (χ1v) is 5.91. The Kier molecular flexibility index (Phi) is 3.62. The molecule has 0 radical (unpaired) electrons. The van der Waals surface area contributed by atoms with Crippen LogP contribution in [0.4, 0.5) is 0 Å². The lowest BCUT2D eigenvalue weighted by atomic mass is 10.1. The van der Waals surface area contributed by atoms with Gasteiger partial charge >= 0.3 is 5.97 Å². The summed E-state index contributed by atoms with van der Waals surface area (Å²) >= 11 is 0. The fourth-order valence-electron chi connectivity index (χ4n) is 1.89. The maximum atomic E-state index is 11.7. The van der Waals surface area contributed by atoms with Gasteiger partial charge in [0.2, 0.25) is 0 Å². The van der Waals surface area contributed by atoms with E-state index < -0.39 is 5.97 Å². The fraction of sp³-hybridized carbons (Fsp3) is 0.385. The predicted octanol–water partition coefficient (Wildman–Crippen LogP) is 1.26. The zero-order valence-electron chi connectivity index (χ0n) is 10.6. The van der Waals surface area contributed by atoms with Crippen LogP contribution in [0.3, 0.4) is 0 Å². The second-order valence-electron chi connectivity index (χ2n) is 4.37. The van der Waals surface area contributed by atoms with Gasteiger partial charge in [0.15, 0.2) is 5.69 Å². The van der Waals surface area contributed by atoms with E-state index in [2.05, 4.69) is 11.9 Å². The highest BCUT2D eigenvalue weighted by atomic mass is 16.5. The molecule has 18 heavy (non-hydrogen) atoms. The Balaban J connectivity index is 2.50. The van der Waals surface area contributed by atoms with Crippen molar-refractivity contribution in [1.29, 1.82) is 0 Å². The topological polar surface area (TPSA) is 69.6 Å². The smallest absolute Gasteiger partial charge is 0.358 e.